The second-order valence-electron chi connectivity index (χ2n) is 4.08. The maximum atomic E-state index is 5.09. The molecule has 3 rings (SSSR count). The number of benzene rings is 1. The smallest absolute Gasteiger partial charge is 0.0952 e. The second-order valence-corrected chi connectivity index (χ2v) is 4.08. The van der Waals surface area contributed by atoms with E-state index >= 15 is 0 Å². The van der Waals surface area contributed by atoms with E-state index in [1.54, 1.807) is 12.5 Å². The van der Waals surface area contributed by atoms with Gasteiger partial charge in [0.2, 0.25) is 0 Å². The van der Waals surface area contributed by atoms with Gasteiger partial charge in [0.05, 0.1) is 19.1 Å². The summed E-state index contributed by atoms with van der Waals surface area (Å²) in [5.74, 6) is 0. The van der Waals surface area contributed by atoms with Crippen LogP contribution in [0.15, 0.2) is 53.5 Å². The van der Waals surface area contributed by atoms with Gasteiger partial charge in [-0.2, -0.15) is 0 Å². The van der Waals surface area contributed by atoms with E-state index in [4.69, 9.17) is 4.42 Å². The molecule has 0 unspecified atom stereocenters. The van der Waals surface area contributed by atoms with Crippen molar-refractivity contribution in [1.29, 1.82) is 0 Å². The van der Waals surface area contributed by atoms with Gasteiger partial charge in [-0.05, 0) is 30.7 Å². The van der Waals surface area contributed by atoms with Crippen molar-refractivity contribution in [2.24, 2.45) is 0 Å². The van der Waals surface area contributed by atoms with Gasteiger partial charge in [-0.15, -0.1) is 0 Å². The molecule has 0 radical (unpaired) electrons. The summed E-state index contributed by atoms with van der Waals surface area (Å²) in [6, 6.07) is 10.6. The fourth-order valence-electron chi connectivity index (χ4n) is 2.09. The zero-order chi connectivity index (χ0) is 11.0. The lowest BCUT2D eigenvalue weighted by atomic mass is 10.1. The molecular weight excluding hydrogens is 198 g/mol. The van der Waals surface area contributed by atoms with E-state index < -0.39 is 0 Å². The summed E-state index contributed by atoms with van der Waals surface area (Å²) in [6.07, 6.45) is 5.64. The van der Waals surface area contributed by atoms with Gasteiger partial charge in [-0.1, -0.05) is 12.1 Å². The Morgan fingerprint density at radius 3 is 2.94 bits per heavy atom. The number of aromatic nitrogens is 1. The van der Waals surface area contributed by atoms with Crippen LogP contribution < -0.4 is 0 Å². The van der Waals surface area contributed by atoms with Crippen LogP contribution in [0.4, 0.5) is 0 Å². The van der Waals surface area contributed by atoms with Crippen LogP contribution in [-0.2, 0) is 6.54 Å². The van der Waals surface area contributed by atoms with E-state index in [1.807, 2.05) is 6.07 Å². The third kappa shape index (κ3) is 1.43. The first-order valence-corrected chi connectivity index (χ1v) is 5.40. The standard InChI is InChI=1S/C14H13NO/c1-11-3-2-4-14-13(11)5-7-15(14)9-12-6-8-16-10-12/h2-8,10H,9H2,1H3. The Kier molecular flexibility index (Phi) is 2.07. The summed E-state index contributed by atoms with van der Waals surface area (Å²) in [5.41, 5.74) is 3.80. The first kappa shape index (κ1) is 9.28. The van der Waals surface area contributed by atoms with E-state index in [0.717, 1.165) is 6.54 Å². The molecule has 1 aromatic carbocycles. The molecule has 0 atom stereocenters. The van der Waals surface area contributed by atoms with Crippen LogP contribution in [0.25, 0.3) is 10.9 Å². The Balaban J connectivity index is 2.08. The molecular formula is C14H13NO. The van der Waals surface area contributed by atoms with E-state index in [0.29, 0.717) is 0 Å². The number of furan rings is 1. The van der Waals surface area contributed by atoms with Crippen molar-refractivity contribution in [3.63, 3.8) is 0 Å². The quantitative estimate of drug-likeness (QED) is 0.633. The lowest BCUT2D eigenvalue weighted by Gasteiger charge is -2.03. The Bertz CT molecular complexity index is 605. The monoisotopic (exact) mass is 211 g/mol. The lowest BCUT2D eigenvalue weighted by molar-refractivity contribution is 0.562. The molecule has 0 saturated carbocycles. The number of nitrogens with zero attached hydrogens (tertiary/aromatic N) is 1. The predicted molar refractivity (Wildman–Crippen MR) is 64.5 cm³/mol. The number of fused-ring (bicyclic) bond motifs is 1. The highest BCUT2D eigenvalue weighted by Gasteiger charge is 2.03. The van der Waals surface area contributed by atoms with Crippen LogP contribution >= 0.6 is 0 Å². The zero-order valence-corrected chi connectivity index (χ0v) is 9.18. The summed E-state index contributed by atoms with van der Waals surface area (Å²) in [5, 5.41) is 1.32. The Labute approximate surface area is 94.1 Å². The molecule has 80 valence electrons. The van der Waals surface area contributed by atoms with Crippen molar-refractivity contribution in [3.8, 4) is 0 Å². The number of aryl methyl sites for hydroxylation is 1. The average Bonchev–Trinajstić information content (AvgIpc) is 2.90. The van der Waals surface area contributed by atoms with Gasteiger partial charge in [0, 0.05) is 22.7 Å². The number of hydrogen-bond acceptors (Lipinski definition) is 1. The third-order valence-corrected chi connectivity index (χ3v) is 2.96. The minimum absolute atomic E-state index is 0.865. The van der Waals surface area contributed by atoms with Crippen molar-refractivity contribution in [1.82, 2.24) is 4.57 Å². The minimum atomic E-state index is 0.865. The van der Waals surface area contributed by atoms with Crippen LogP contribution in [0.1, 0.15) is 11.1 Å². The third-order valence-electron chi connectivity index (χ3n) is 2.96. The van der Waals surface area contributed by atoms with Crippen molar-refractivity contribution in [2.45, 2.75) is 13.5 Å². The number of rotatable bonds is 2. The van der Waals surface area contributed by atoms with Gasteiger partial charge in [-0.25, -0.2) is 0 Å². The summed E-state index contributed by atoms with van der Waals surface area (Å²) in [4.78, 5) is 0. The van der Waals surface area contributed by atoms with E-state index in [1.165, 1.54) is 22.0 Å². The molecule has 0 N–H and O–H groups in total. The largest absolute Gasteiger partial charge is 0.472 e. The van der Waals surface area contributed by atoms with Gasteiger partial charge < -0.3 is 8.98 Å². The molecule has 0 fully saturated rings. The summed E-state index contributed by atoms with van der Waals surface area (Å²) < 4.78 is 7.33. The van der Waals surface area contributed by atoms with E-state index in [-0.39, 0.29) is 0 Å². The highest BCUT2D eigenvalue weighted by Crippen LogP contribution is 2.20. The topological polar surface area (TPSA) is 18.1 Å². The fraction of sp³-hybridized carbons (Fsp3) is 0.143. The molecule has 2 heteroatoms. The van der Waals surface area contributed by atoms with Crippen molar-refractivity contribution in [3.05, 3.63) is 60.2 Å². The number of hydrogen-bond donors (Lipinski definition) is 0. The van der Waals surface area contributed by atoms with Crippen LogP contribution in [-0.4, -0.2) is 4.57 Å². The second kappa shape index (κ2) is 3.56. The highest BCUT2D eigenvalue weighted by molar-refractivity contribution is 5.83. The Hall–Kier alpha value is -1.96. The molecule has 0 amide bonds. The molecule has 0 saturated heterocycles. The maximum absolute atomic E-state index is 5.09. The molecule has 2 nitrogen and oxygen atoms in total. The van der Waals surface area contributed by atoms with Crippen LogP contribution in [0.2, 0.25) is 0 Å². The summed E-state index contributed by atoms with van der Waals surface area (Å²) in [7, 11) is 0. The van der Waals surface area contributed by atoms with E-state index in [9.17, 15) is 0 Å². The normalized spacial score (nSPS) is 11.1. The molecule has 0 spiro atoms. The predicted octanol–water partition coefficient (Wildman–Crippen LogP) is 3.59. The van der Waals surface area contributed by atoms with E-state index in [2.05, 4.69) is 42.0 Å². The molecule has 0 aliphatic heterocycles. The van der Waals surface area contributed by atoms with Gasteiger partial charge >= 0.3 is 0 Å². The maximum Gasteiger partial charge on any atom is 0.0952 e. The Morgan fingerprint density at radius 2 is 2.12 bits per heavy atom. The van der Waals surface area contributed by atoms with Crippen molar-refractivity contribution >= 4 is 10.9 Å². The van der Waals surface area contributed by atoms with Gasteiger partial charge in [0.1, 0.15) is 0 Å². The minimum Gasteiger partial charge on any atom is -0.472 e. The molecule has 0 aliphatic rings. The summed E-state index contributed by atoms with van der Waals surface area (Å²) in [6.45, 7) is 3.01. The first-order chi connectivity index (χ1) is 7.84. The van der Waals surface area contributed by atoms with Gasteiger partial charge in [0.15, 0.2) is 0 Å². The van der Waals surface area contributed by atoms with Gasteiger partial charge in [-0.3, -0.25) is 0 Å². The first-order valence-electron chi connectivity index (χ1n) is 5.40. The molecule has 2 aromatic heterocycles. The van der Waals surface area contributed by atoms with Crippen LogP contribution in [0.3, 0.4) is 0 Å². The fourth-order valence-corrected chi connectivity index (χ4v) is 2.09. The Morgan fingerprint density at radius 1 is 1.19 bits per heavy atom. The van der Waals surface area contributed by atoms with Crippen molar-refractivity contribution in [2.75, 3.05) is 0 Å². The highest BCUT2D eigenvalue weighted by atomic mass is 16.3. The molecule has 3 aromatic rings. The van der Waals surface area contributed by atoms with Gasteiger partial charge in [0.25, 0.3) is 0 Å². The van der Waals surface area contributed by atoms with Crippen LogP contribution in [0.5, 0.6) is 0 Å². The molecule has 16 heavy (non-hydrogen) atoms. The SMILES string of the molecule is Cc1cccc2c1ccn2Cc1ccoc1. The summed E-state index contributed by atoms with van der Waals surface area (Å²) >= 11 is 0. The molecule has 2 heterocycles. The zero-order valence-electron chi connectivity index (χ0n) is 9.18. The molecule has 0 aliphatic carbocycles. The van der Waals surface area contributed by atoms with Crippen LogP contribution in [0, 0.1) is 6.92 Å². The molecule has 0 bridgehead atoms. The lowest BCUT2D eigenvalue weighted by Crippen LogP contribution is -1.95. The average molecular weight is 211 g/mol. The van der Waals surface area contributed by atoms with Crippen molar-refractivity contribution < 1.29 is 4.42 Å².